The van der Waals surface area contributed by atoms with E-state index in [1.807, 2.05) is 20.9 Å². The van der Waals surface area contributed by atoms with Gasteiger partial charge in [0.05, 0.1) is 19.3 Å². The predicted octanol–water partition coefficient (Wildman–Crippen LogP) is -0.124. The number of hydrogen-bond acceptors (Lipinski definition) is 5. The number of aliphatic hydroxyl groups is 1. The molecule has 1 aliphatic carbocycles. The van der Waals surface area contributed by atoms with Gasteiger partial charge in [0, 0.05) is 6.04 Å². The summed E-state index contributed by atoms with van der Waals surface area (Å²) >= 11 is 0. The lowest BCUT2D eigenvalue weighted by atomic mass is 10.2. The molecule has 2 rings (SSSR count). The largest absolute Gasteiger partial charge is 0.394 e. The van der Waals surface area contributed by atoms with Crippen LogP contribution < -0.4 is 5.32 Å². The van der Waals surface area contributed by atoms with Crippen molar-refractivity contribution in [2.75, 3.05) is 20.3 Å². The Morgan fingerprint density at radius 3 is 2.69 bits per heavy atom. The summed E-state index contributed by atoms with van der Waals surface area (Å²) in [5, 5.41) is 12.0. The average molecular weight is 231 g/mol. The lowest BCUT2D eigenvalue weighted by molar-refractivity contribution is -0.169. The topological polar surface area (TPSA) is 60.0 Å². The first-order valence-electron chi connectivity index (χ1n) is 5.83. The molecule has 1 aliphatic heterocycles. The number of nitrogens with one attached hydrogen (secondary N) is 1. The normalized spacial score (nSPS) is 41.2. The van der Waals surface area contributed by atoms with E-state index in [9.17, 15) is 0 Å². The molecule has 1 heterocycles. The Labute approximate surface area is 96.1 Å². The molecule has 5 nitrogen and oxygen atoms in total. The zero-order valence-corrected chi connectivity index (χ0v) is 10.1. The van der Waals surface area contributed by atoms with Crippen LogP contribution in [0.1, 0.15) is 20.3 Å². The Hall–Kier alpha value is -0.200. The smallest absolute Gasteiger partial charge is 0.163 e. The summed E-state index contributed by atoms with van der Waals surface area (Å²) in [7, 11) is 1.92. The molecule has 94 valence electrons. The van der Waals surface area contributed by atoms with Crippen molar-refractivity contribution in [2.45, 2.75) is 50.4 Å². The van der Waals surface area contributed by atoms with Crippen molar-refractivity contribution in [3.8, 4) is 0 Å². The summed E-state index contributed by atoms with van der Waals surface area (Å²) in [4.78, 5) is 0. The van der Waals surface area contributed by atoms with Crippen LogP contribution in [0.15, 0.2) is 0 Å². The van der Waals surface area contributed by atoms with E-state index in [1.165, 1.54) is 0 Å². The van der Waals surface area contributed by atoms with E-state index in [0.29, 0.717) is 6.61 Å². The highest BCUT2D eigenvalue weighted by atomic mass is 16.8. The van der Waals surface area contributed by atoms with Gasteiger partial charge in [0.25, 0.3) is 0 Å². The molecule has 0 aromatic rings. The van der Waals surface area contributed by atoms with E-state index < -0.39 is 5.79 Å². The zero-order chi connectivity index (χ0) is 11.8. The molecule has 0 spiro atoms. The second kappa shape index (κ2) is 4.58. The molecule has 0 aromatic heterocycles. The zero-order valence-electron chi connectivity index (χ0n) is 10.1. The Kier molecular flexibility index (Phi) is 3.51. The third kappa shape index (κ3) is 2.24. The molecule has 1 unspecified atom stereocenters. The van der Waals surface area contributed by atoms with Crippen LogP contribution in [-0.2, 0) is 14.2 Å². The molecule has 2 N–H and O–H groups in total. The van der Waals surface area contributed by atoms with Gasteiger partial charge < -0.3 is 24.6 Å². The van der Waals surface area contributed by atoms with Gasteiger partial charge >= 0.3 is 0 Å². The second-order valence-corrected chi connectivity index (χ2v) is 4.83. The van der Waals surface area contributed by atoms with E-state index in [4.69, 9.17) is 19.3 Å². The summed E-state index contributed by atoms with van der Waals surface area (Å²) in [6, 6.07) is 0.260. The summed E-state index contributed by atoms with van der Waals surface area (Å²) in [6.07, 6.45) is 0.890. The van der Waals surface area contributed by atoms with Gasteiger partial charge in [-0.05, 0) is 27.3 Å². The van der Waals surface area contributed by atoms with Crippen LogP contribution in [0.4, 0.5) is 0 Å². The Bertz CT molecular complexity index is 246. The summed E-state index contributed by atoms with van der Waals surface area (Å²) in [5.41, 5.74) is 0. The van der Waals surface area contributed by atoms with Gasteiger partial charge in [-0.3, -0.25) is 0 Å². The average Bonchev–Trinajstić information content (AvgIpc) is 2.69. The van der Waals surface area contributed by atoms with Crippen LogP contribution >= 0.6 is 0 Å². The number of fused-ring (bicyclic) bond motifs is 1. The lowest BCUT2D eigenvalue weighted by Gasteiger charge is -2.23. The maximum Gasteiger partial charge on any atom is 0.163 e. The molecule has 0 amide bonds. The minimum Gasteiger partial charge on any atom is -0.394 e. The quantitative estimate of drug-likeness (QED) is 0.706. The van der Waals surface area contributed by atoms with Crippen molar-refractivity contribution in [1.29, 1.82) is 0 Å². The number of hydrogen-bond donors (Lipinski definition) is 2. The Morgan fingerprint density at radius 1 is 1.38 bits per heavy atom. The molecule has 5 heteroatoms. The van der Waals surface area contributed by atoms with Crippen molar-refractivity contribution in [2.24, 2.45) is 0 Å². The van der Waals surface area contributed by atoms with E-state index in [-0.39, 0.29) is 31.0 Å². The number of likely N-dealkylation sites (N-methyl/N-ethyl adjacent to an activating group) is 1. The van der Waals surface area contributed by atoms with E-state index >= 15 is 0 Å². The molecule has 1 saturated carbocycles. The number of aliphatic hydroxyl groups excluding tert-OH is 1. The van der Waals surface area contributed by atoms with Gasteiger partial charge in [0.15, 0.2) is 5.79 Å². The van der Waals surface area contributed by atoms with Gasteiger partial charge in [-0.2, -0.15) is 0 Å². The van der Waals surface area contributed by atoms with E-state index in [0.717, 1.165) is 6.42 Å². The molecule has 2 fully saturated rings. The van der Waals surface area contributed by atoms with E-state index in [2.05, 4.69) is 5.32 Å². The highest BCUT2D eigenvalue weighted by Crippen LogP contribution is 2.39. The molecular weight excluding hydrogens is 210 g/mol. The molecule has 0 aromatic carbocycles. The van der Waals surface area contributed by atoms with Crippen molar-refractivity contribution in [1.82, 2.24) is 5.32 Å². The maximum atomic E-state index is 8.78. The summed E-state index contributed by atoms with van der Waals surface area (Å²) in [5.74, 6) is -0.536. The van der Waals surface area contributed by atoms with Crippen LogP contribution in [-0.4, -0.2) is 55.5 Å². The minimum absolute atomic E-state index is 0.0105. The predicted molar refractivity (Wildman–Crippen MR) is 58.1 cm³/mol. The highest BCUT2D eigenvalue weighted by molar-refractivity contribution is 5.02. The Morgan fingerprint density at radius 2 is 2.06 bits per heavy atom. The second-order valence-electron chi connectivity index (χ2n) is 4.83. The maximum absolute atomic E-state index is 8.78. The highest BCUT2D eigenvalue weighted by Gasteiger charge is 2.54. The molecule has 16 heavy (non-hydrogen) atoms. The standard InChI is InChI=1S/C11H21NO4/c1-11(2)15-9-7(12-3)6-8(10(9)16-11)14-5-4-13/h7-10,12-13H,4-6H2,1-3H3/t7-,8+,9+,10?/m0/s1. The fourth-order valence-corrected chi connectivity index (χ4v) is 2.58. The summed E-state index contributed by atoms with van der Waals surface area (Å²) < 4.78 is 17.3. The Balaban J connectivity index is 2.02. The molecular formula is C11H21NO4. The van der Waals surface area contributed by atoms with Gasteiger partial charge in [-0.1, -0.05) is 0 Å². The molecule has 0 bridgehead atoms. The summed E-state index contributed by atoms with van der Waals surface area (Å²) in [6.45, 7) is 4.23. The van der Waals surface area contributed by atoms with Crippen LogP contribution in [0.25, 0.3) is 0 Å². The number of rotatable bonds is 4. The van der Waals surface area contributed by atoms with Gasteiger partial charge in [-0.15, -0.1) is 0 Å². The fraction of sp³-hybridized carbons (Fsp3) is 1.00. The van der Waals surface area contributed by atoms with Crippen molar-refractivity contribution < 1.29 is 19.3 Å². The first-order chi connectivity index (χ1) is 7.57. The van der Waals surface area contributed by atoms with Crippen molar-refractivity contribution in [3.63, 3.8) is 0 Å². The molecule has 1 saturated heterocycles. The van der Waals surface area contributed by atoms with Crippen molar-refractivity contribution >= 4 is 0 Å². The van der Waals surface area contributed by atoms with Crippen LogP contribution in [0, 0.1) is 0 Å². The lowest BCUT2D eigenvalue weighted by Crippen LogP contribution is -2.37. The van der Waals surface area contributed by atoms with E-state index in [1.54, 1.807) is 0 Å². The fourth-order valence-electron chi connectivity index (χ4n) is 2.58. The van der Waals surface area contributed by atoms with Gasteiger partial charge in [0.1, 0.15) is 12.2 Å². The van der Waals surface area contributed by atoms with Gasteiger partial charge in [-0.25, -0.2) is 0 Å². The SMILES string of the molecule is CN[C@H]1C[C@@H](OCCO)C2OC(C)(C)O[C@@H]21. The number of ether oxygens (including phenoxy) is 3. The van der Waals surface area contributed by atoms with Crippen LogP contribution in [0.2, 0.25) is 0 Å². The first-order valence-corrected chi connectivity index (χ1v) is 5.83. The van der Waals surface area contributed by atoms with Crippen LogP contribution in [0.5, 0.6) is 0 Å². The molecule has 4 atom stereocenters. The minimum atomic E-state index is -0.536. The monoisotopic (exact) mass is 231 g/mol. The van der Waals surface area contributed by atoms with Crippen LogP contribution in [0.3, 0.4) is 0 Å². The third-order valence-electron chi connectivity index (χ3n) is 3.21. The molecule has 2 aliphatic rings. The first kappa shape index (κ1) is 12.3. The van der Waals surface area contributed by atoms with Gasteiger partial charge in [0.2, 0.25) is 0 Å². The molecule has 0 radical (unpaired) electrons. The third-order valence-corrected chi connectivity index (χ3v) is 3.21. The van der Waals surface area contributed by atoms with Crippen molar-refractivity contribution in [3.05, 3.63) is 0 Å².